The van der Waals surface area contributed by atoms with Gasteiger partial charge >= 0.3 is 0 Å². The van der Waals surface area contributed by atoms with Gasteiger partial charge in [-0.2, -0.15) is 0 Å². The average molecular weight is 259 g/mol. The van der Waals surface area contributed by atoms with Crippen molar-refractivity contribution in [3.63, 3.8) is 0 Å². The van der Waals surface area contributed by atoms with E-state index in [1.165, 1.54) is 12.1 Å². The lowest BCUT2D eigenvalue weighted by atomic mass is 9.94. The van der Waals surface area contributed by atoms with Gasteiger partial charge in [-0.25, -0.2) is 4.39 Å². The Labute approximate surface area is 105 Å². The Morgan fingerprint density at radius 2 is 2.35 bits per heavy atom. The Balaban J connectivity index is 2.02. The number of ether oxygens (including phenoxy) is 1. The van der Waals surface area contributed by atoms with Crippen LogP contribution in [-0.2, 0) is 11.2 Å². The number of benzene rings is 1. The smallest absolute Gasteiger partial charge is 0.126 e. The van der Waals surface area contributed by atoms with Gasteiger partial charge in [0, 0.05) is 17.4 Å². The van der Waals surface area contributed by atoms with Gasteiger partial charge in [0.1, 0.15) is 5.82 Å². The molecule has 0 bridgehead atoms. The van der Waals surface area contributed by atoms with Gasteiger partial charge in [-0.05, 0) is 37.1 Å². The summed E-state index contributed by atoms with van der Waals surface area (Å²) in [6.45, 7) is 2.53. The number of hydrogen-bond donors (Lipinski definition) is 1. The molecule has 2 nitrogen and oxygen atoms in total. The van der Waals surface area contributed by atoms with Crippen LogP contribution in [0.4, 0.5) is 4.39 Å². The van der Waals surface area contributed by atoms with Crippen LogP contribution in [-0.4, -0.2) is 23.9 Å². The number of rotatable bonds is 3. The van der Waals surface area contributed by atoms with E-state index in [1.807, 2.05) is 6.92 Å². The first-order valence-corrected chi connectivity index (χ1v) is 6.17. The number of aliphatic hydroxyl groups is 1. The van der Waals surface area contributed by atoms with Crippen molar-refractivity contribution in [2.24, 2.45) is 5.92 Å². The summed E-state index contributed by atoms with van der Waals surface area (Å²) in [7, 11) is 0. The van der Waals surface area contributed by atoms with Crippen LogP contribution in [0.3, 0.4) is 0 Å². The zero-order valence-corrected chi connectivity index (χ0v) is 10.5. The summed E-state index contributed by atoms with van der Waals surface area (Å²) in [6, 6.07) is 4.41. The molecule has 17 heavy (non-hydrogen) atoms. The molecule has 94 valence electrons. The second kappa shape index (κ2) is 5.34. The molecule has 4 heteroatoms. The Kier molecular flexibility index (Phi) is 4.02. The van der Waals surface area contributed by atoms with Crippen LogP contribution in [0.1, 0.15) is 18.9 Å². The first kappa shape index (κ1) is 12.8. The molecule has 2 rings (SSSR count). The van der Waals surface area contributed by atoms with E-state index in [0.29, 0.717) is 17.2 Å². The van der Waals surface area contributed by atoms with Crippen LogP contribution >= 0.6 is 11.6 Å². The average Bonchev–Trinajstić information content (AvgIpc) is 2.70. The fourth-order valence-corrected chi connectivity index (χ4v) is 2.40. The number of halogens is 2. The van der Waals surface area contributed by atoms with Crippen LogP contribution < -0.4 is 0 Å². The van der Waals surface area contributed by atoms with Crippen molar-refractivity contribution < 1.29 is 14.2 Å². The van der Waals surface area contributed by atoms with Gasteiger partial charge in [0.25, 0.3) is 0 Å². The molecule has 0 radical (unpaired) electrons. The molecule has 1 aliphatic heterocycles. The second-order valence-corrected chi connectivity index (χ2v) is 5.08. The predicted octanol–water partition coefficient (Wildman–Crippen LogP) is 2.81. The van der Waals surface area contributed by atoms with Crippen LogP contribution in [0.2, 0.25) is 5.02 Å². The van der Waals surface area contributed by atoms with Crippen LogP contribution in [0.25, 0.3) is 0 Å². The normalized spacial score (nSPS) is 26.1. The topological polar surface area (TPSA) is 29.5 Å². The number of hydrogen-bond acceptors (Lipinski definition) is 2. The minimum Gasteiger partial charge on any atom is -0.392 e. The minimum absolute atomic E-state index is 0.0865. The lowest BCUT2D eigenvalue weighted by molar-refractivity contribution is 0.0802. The molecule has 0 amide bonds. The lowest BCUT2D eigenvalue weighted by Crippen LogP contribution is -2.23. The molecule has 1 aromatic carbocycles. The standard InChI is InChI=1S/C13H16ClFO2/c1-8-4-10(7-17-8)13(16)6-9-5-11(14)2-3-12(9)15/h2-3,5,8,10,13,16H,4,6-7H2,1H3. The molecule has 0 saturated carbocycles. The van der Waals surface area contributed by atoms with Gasteiger partial charge in [0.05, 0.1) is 18.8 Å². The Hall–Kier alpha value is -0.640. The molecule has 1 saturated heterocycles. The first-order valence-electron chi connectivity index (χ1n) is 5.80. The summed E-state index contributed by atoms with van der Waals surface area (Å²) in [4.78, 5) is 0. The largest absolute Gasteiger partial charge is 0.392 e. The van der Waals surface area contributed by atoms with Crippen molar-refractivity contribution >= 4 is 11.6 Å². The highest BCUT2D eigenvalue weighted by atomic mass is 35.5. The van der Waals surface area contributed by atoms with E-state index in [1.54, 1.807) is 6.07 Å². The SMILES string of the molecule is CC1CC(C(O)Cc2cc(Cl)ccc2F)CO1. The molecular weight excluding hydrogens is 243 g/mol. The quantitative estimate of drug-likeness (QED) is 0.903. The molecule has 0 aliphatic carbocycles. The Morgan fingerprint density at radius 3 is 3.00 bits per heavy atom. The first-order chi connectivity index (χ1) is 8.06. The lowest BCUT2D eigenvalue weighted by Gasteiger charge is -2.17. The van der Waals surface area contributed by atoms with Gasteiger partial charge in [-0.3, -0.25) is 0 Å². The third-order valence-corrected chi connectivity index (χ3v) is 3.45. The van der Waals surface area contributed by atoms with Crippen molar-refractivity contribution in [1.82, 2.24) is 0 Å². The monoisotopic (exact) mass is 258 g/mol. The Bertz CT molecular complexity index is 397. The summed E-state index contributed by atoms with van der Waals surface area (Å²) in [5.74, 6) is -0.233. The summed E-state index contributed by atoms with van der Waals surface area (Å²) in [5, 5.41) is 10.5. The zero-order chi connectivity index (χ0) is 12.4. The third-order valence-electron chi connectivity index (χ3n) is 3.21. The molecular formula is C13H16ClFO2. The molecule has 0 aromatic heterocycles. The highest BCUT2D eigenvalue weighted by Gasteiger charge is 2.28. The van der Waals surface area contributed by atoms with Crippen molar-refractivity contribution in [3.8, 4) is 0 Å². The van der Waals surface area contributed by atoms with Gasteiger partial charge in [0.15, 0.2) is 0 Å². The van der Waals surface area contributed by atoms with Crippen molar-refractivity contribution in [3.05, 3.63) is 34.6 Å². The van der Waals surface area contributed by atoms with Crippen molar-refractivity contribution in [1.29, 1.82) is 0 Å². The third kappa shape index (κ3) is 3.18. The molecule has 3 unspecified atom stereocenters. The van der Waals surface area contributed by atoms with Gasteiger partial charge in [-0.15, -0.1) is 0 Å². The molecule has 3 atom stereocenters. The molecule has 1 heterocycles. The van der Waals surface area contributed by atoms with E-state index in [0.717, 1.165) is 6.42 Å². The number of aliphatic hydroxyl groups excluding tert-OH is 1. The molecule has 1 aliphatic rings. The molecule has 0 spiro atoms. The maximum atomic E-state index is 13.5. The second-order valence-electron chi connectivity index (χ2n) is 4.65. The maximum absolute atomic E-state index is 13.5. The van der Waals surface area contributed by atoms with Crippen LogP contribution in [0.15, 0.2) is 18.2 Å². The van der Waals surface area contributed by atoms with Crippen molar-refractivity contribution in [2.45, 2.75) is 32.0 Å². The molecule has 1 N–H and O–H groups in total. The summed E-state index contributed by atoms with van der Waals surface area (Å²) in [6.07, 6.45) is 0.711. The summed E-state index contributed by atoms with van der Waals surface area (Å²) in [5.41, 5.74) is 0.463. The highest BCUT2D eigenvalue weighted by Crippen LogP contribution is 2.25. The van der Waals surface area contributed by atoms with Crippen LogP contribution in [0, 0.1) is 11.7 Å². The van der Waals surface area contributed by atoms with E-state index < -0.39 is 6.10 Å². The van der Waals surface area contributed by atoms with E-state index in [-0.39, 0.29) is 24.3 Å². The van der Waals surface area contributed by atoms with Gasteiger partial charge < -0.3 is 9.84 Å². The fraction of sp³-hybridized carbons (Fsp3) is 0.538. The summed E-state index contributed by atoms with van der Waals surface area (Å²) >= 11 is 5.81. The molecule has 1 fully saturated rings. The maximum Gasteiger partial charge on any atom is 0.126 e. The predicted molar refractivity (Wildman–Crippen MR) is 64.6 cm³/mol. The van der Waals surface area contributed by atoms with Gasteiger partial charge in [-0.1, -0.05) is 11.6 Å². The van der Waals surface area contributed by atoms with E-state index in [4.69, 9.17) is 16.3 Å². The minimum atomic E-state index is -0.576. The fourth-order valence-electron chi connectivity index (χ4n) is 2.21. The zero-order valence-electron chi connectivity index (χ0n) is 9.70. The van der Waals surface area contributed by atoms with E-state index >= 15 is 0 Å². The molecule has 1 aromatic rings. The summed E-state index contributed by atoms with van der Waals surface area (Å²) < 4.78 is 18.9. The van der Waals surface area contributed by atoms with Crippen molar-refractivity contribution in [2.75, 3.05) is 6.61 Å². The van der Waals surface area contributed by atoms with E-state index in [2.05, 4.69) is 0 Å². The Morgan fingerprint density at radius 1 is 1.59 bits per heavy atom. The van der Waals surface area contributed by atoms with E-state index in [9.17, 15) is 9.50 Å². The van der Waals surface area contributed by atoms with Gasteiger partial charge in [0.2, 0.25) is 0 Å². The van der Waals surface area contributed by atoms with Crippen LogP contribution in [0.5, 0.6) is 0 Å². The highest BCUT2D eigenvalue weighted by molar-refractivity contribution is 6.30.